The molecule has 1 aromatic carbocycles. The maximum Gasteiger partial charge on any atom is 0.148 e. The molecule has 0 amide bonds. The molecule has 0 saturated heterocycles. The third-order valence-electron chi connectivity index (χ3n) is 3.67. The monoisotopic (exact) mass is 252 g/mol. The minimum absolute atomic E-state index is 0.237. The van der Waals surface area contributed by atoms with Gasteiger partial charge in [0.1, 0.15) is 5.82 Å². The number of nitrogens with zero attached hydrogens (tertiary/aromatic N) is 1. The molecule has 0 radical (unpaired) electrons. The van der Waals surface area contributed by atoms with Gasteiger partial charge in [0, 0.05) is 19.7 Å². The summed E-state index contributed by atoms with van der Waals surface area (Å²) < 4.78 is 18.7. The lowest BCUT2D eigenvalue weighted by Gasteiger charge is -2.32. The zero-order valence-electron chi connectivity index (χ0n) is 11.0. The fourth-order valence-corrected chi connectivity index (χ4v) is 2.34. The molecular weight excluding hydrogens is 231 g/mol. The van der Waals surface area contributed by atoms with Crippen molar-refractivity contribution in [2.24, 2.45) is 5.92 Å². The Kier molecular flexibility index (Phi) is 4.07. The first-order valence-electron chi connectivity index (χ1n) is 6.44. The average molecular weight is 252 g/mol. The Morgan fingerprint density at radius 3 is 2.83 bits per heavy atom. The molecule has 0 heterocycles. The summed E-state index contributed by atoms with van der Waals surface area (Å²) in [7, 11) is 1.68. The SMILES string of the molecule is COCCN(c1cccc(F)c1N)C(C)C1CC1. The highest BCUT2D eigenvalue weighted by atomic mass is 19.1. The van der Waals surface area contributed by atoms with Gasteiger partial charge in [0.05, 0.1) is 18.0 Å². The van der Waals surface area contributed by atoms with Gasteiger partial charge < -0.3 is 15.4 Å². The molecule has 18 heavy (non-hydrogen) atoms. The summed E-state index contributed by atoms with van der Waals surface area (Å²) in [5.74, 6) is 0.349. The second-order valence-electron chi connectivity index (χ2n) is 4.94. The molecular formula is C14H21FN2O. The number of methoxy groups -OCH3 is 1. The quantitative estimate of drug-likeness (QED) is 0.791. The number of rotatable bonds is 6. The molecule has 0 aliphatic heterocycles. The van der Waals surface area contributed by atoms with Gasteiger partial charge in [-0.1, -0.05) is 6.07 Å². The fourth-order valence-electron chi connectivity index (χ4n) is 2.34. The van der Waals surface area contributed by atoms with Crippen LogP contribution in [-0.2, 0) is 4.74 Å². The molecule has 1 unspecified atom stereocenters. The number of ether oxygens (including phenoxy) is 1. The van der Waals surface area contributed by atoms with E-state index in [1.54, 1.807) is 13.2 Å². The summed E-state index contributed by atoms with van der Waals surface area (Å²) in [6, 6.07) is 5.37. The van der Waals surface area contributed by atoms with E-state index >= 15 is 0 Å². The van der Waals surface area contributed by atoms with Gasteiger partial charge in [-0.3, -0.25) is 0 Å². The Bertz CT molecular complexity index is 407. The highest BCUT2D eigenvalue weighted by Crippen LogP contribution is 2.38. The Hall–Kier alpha value is -1.29. The lowest BCUT2D eigenvalue weighted by molar-refractivity contribution is 0.202. The summed E-state index contributed by atoms with van der Waals surface area (Å²) in [6.45, 7) is 3.53. The van der Waals surface area contributed by atoms with E-state index in [9.17, 15) is 4.39 Å². The van der Waals surface area contributed by atoms with Crippen molar-refractivity contribution in [2.45, 2.75) is 25.8 Å². The van der Waals surface area contributed by atoms with Crippen LogP contribution in [-0.4, -0.2) is 26.3 Å². The maximum absolute atomic E-state index is 13.6. The van der Waals surface area contributed by atoms with Crippen LogP contribution in [0.1, 0.15) is 19.8 Å². The van der Waals surface area contributed by atoms with E-state index in [-0.39, 0.29) is 11.5 Å². The van der Waals surface area contributed by atoms with Crippen LogP contribution in [0.4, 0.5) is 15.8 Å². The Morgan fingerprint density at radius 1 is 1.50 bits per heavy atom. The number of hydrogen-bond donors (Lipinski definition) is 1. The van der Waals surface area contributed by atoms with E-state index in [2.05, 4.69) is 11.8 Å². The number of para-hydroxylation sites is 1. The molecule has 3 nitrogen and oxygen atoms in total. The van der Waals surface area contributed by atoms with E-state index in [0.29, 0.717) is 18.6 Å². The third kappa shape index (κ3) is 2.75. The van der Waals surface area contributed by atoms with Crippen molar-refractivity contribution >= 4 is 11.4 Å². The predicted molar refractivity (Wildman–Crippen MR) is 72.2 cm³/mol. The van der Waals surface area contributed by atoms with Gasteiger partial charge in [0.15, 0.2) is 0 Å². The van der Waals surface area contributed by atoms with Crippen molar-refractivity contribution in [3.63, 3.8) is 0 Å². The van der Waals surface area contributed by atoms with Crippen molar-refractivity contribution in [2.75, 3.05) is 30.9 Å². The third-order valence-corrected chi connectivity index (χ3v) is 3.67. The van der Waals surface area contributed by atoms with E-state index < -0.39 is 0 Å². The molecule has 1 fully saturated rings. The first-order chi connectivity index (χ1) is 8.65. The summed E-state index contributed by atoms with van der Waals surface area (Å²) in [5.41, 5.74) is 6.88. The highest BCUT2D eigenvalue weighted by molar-refractivity contribution is 5.68. The first-order valence-corrected chi connectivity index (χ1v) is 6.44. The largest absolute Gasteiger partial charge is 0.395 e. The Balaban J connectivity index is 2.23. The van der Waals surface area contributed by atoms with E-state index in [4.69, 9.17) is 10.5 Å². The lowest BCUT2D eigenvalue weighted by atomic mass is 10.1. The van der Waals surface area contributed by atoms with Crippen LogP contribution in [0.25, 0.3) is 0 Å². The highest BCUT2D eigenvalue weighted by Gasteiger charge is 2.32. The molecule has 1 atom stereocenters. The van der Waals surface area contributed by atoms with Crippen LogP contribution in [0, 0.1) is 11.7 Å². The van der Waals surface area contributed by atoms with Crippen molar-refractivity contribution in [1.29, 1.82) is 0 Å². The topological polar surface area (TPSA) is 38.5 Å². The summed E-state index contributed by atoms with van der Waals surface area (Å²) in [5, 5.41) is 0. The minimum atomic E-state index is -0.349. The summed E-state index contributed by atoms with van der Waals surface area (Å²) in [6.07, 6.45) is 2.50. The Morgan fingerprint density at radius 2 is 2.22 bits per heavy atom. The number of nitrogen functional groups attached to an aromatic ring is 1. The zero-order valence-corrected chi connectivity index (χ0v) is 11.0. The molecule has 0 aromatic heterocycles. The molecule has 2 rings (SSSR count). The number of hydrogen-bond acceptors (Lipinski definition) is 3. The number of anilines is 2. The van der Waals surface area contributed by atoms with Crippen LogP contribution in [0.2, 0.25) is 0 Å². The standard InChI is InChI=1S/C14H21FN2O/c1-10(11-6-7-11)17(8-9-18-2)13-5-3-4-12(15)14(13)16/h3-5,10-11H,6-9,16H2,1-2H3. The lowest BCUT2D eigenvalue weighted by Crippen LogP contribution is -2.37. The molecule has 1 aliphatic carbocycles. The number of nitrogens with two attached hydrogens (primary N) is 1. The number of benzene rings is 1. The van der Waals surface area contributed by atoms with Crippen LogP contribution in [0.15, 0.2) is 18.2 Å². The van der Waals surface area contributed by atoms with Gasteiger partial charge in [0.2, 0.25) is 0 Å². The van der Waals surface area contributed by atoms with Crippen molar-refractivity contribution in [1.82, 2.24) is 0 Å². The smallest absolute Gasteiger partial charge is 0.148 e. The predicted octanol–water partition coefficient (Wildman–Crippen LogP) is 2.66. The first kappa shape index (κ1) is 13.1. The average Bonchev–Trinajstić information content (AvgIpc) is 3.18. The van der Waals surface area contributed by atoms with Gasteiger partial charge >= 0.3 is 0 Å². The van der Waals surface area contributed by atoms with Gasteiger partial charge in [-0.15, -0.1) is 0 Å². The van der Waals surface area contributed by atoms with Crippen molar-refractivity contribution < 1.29 is 9.13 Å². The molecule has 1 aromatic rings. The van der Waals surface area contributed by atoms with Gasteiger partial charge in [0.25, 0.3) is 0 Å². The van der Waals surface area contributed by atoms with Crippen LogP contribution >= 0.6 is 0 Å². The molecule has 2 N–H and O–H groups in total. The fraction of sp³-hybridized carbons (Fsp3) is 0.571. The van der Waals surface area contributed by atoms with Crippen molar-refractivity contribution in [3.8, 4) is 0 Å². The summed E-state index contributed by atoms with van der Waals surface area (Å²) in [4.78, 5) is 2.17. The van der Waals surface area contributed by atoms with Gasteiger partial charge in [-0.05, 0) is 37.8 Å². The van der Waals surface area contributed by atoms with Crippen LogP contribution in [0.5, 0.6) is 0 Å². The van der Waals surface area contributed by atoms with E-state index in [1.165, 1.54) is 18.9 Å². The molecule has 1 aliphatic rings. The van der Waals surface area contributed by atoms with Crippen molar-refractivity contribution in [3.05, 3.63) is 24.0 Å². The van der Waals surface area contributed by atoms with Gasteiger partial charge in [-0.25, -0.2) is 4.39 Å². The zero-order chi connectivity index (χ0) is 13.1. The minimum Gasteiger partial charge on any atom is -0.395 e. The maximum atomic E-state index is 13.6. The van der Waals surface area contributed by atoms with Crippen LogP contribution < -0.4 is 10.6 Å². The second-order valence-corrected chi connectivity index (χ2v) is 4.94. The summed E-state index contributed by atoms with van der Waals surface area (Å²) >= 11 is 0. The Labute approximate surface area is 108 Å². The molecule has 4 heteroatoms. The number of halogens is 1. The molecule has 0 spiro atoms. The molecule has 1 saturated carbocycles. The molecule has 100 valence electrons. The molecule has 0 bridgehead atoms. The van der Waals surface area contributed by atoms with E-state index in [1.807, 2.05) is 6.07 Å². The van der Waals surface area contributed by atoms with E-state index in [0.717, 1.165) is 12.2 Å². The van der Waals surface area contributed by atoms with Gasteiger partial charge in [-0.2, -0.15) is 0 Å². The normalized spacial score (nSPS) is 16.6. The second kappa shape index (κ2) is 5.57. The van der Waals surface area contributed by atoms with Crippen LogP contribution in [0.3, 0.4) is 0 Å².